The van der Waals surface area contributed by atoms with Gasteiger partial charge in [-0.05, 0) is 84.8 Å². The number of urea groups is 1. The second-order valence-electron chi connectivity index (χ2n) is 11.2. The van der Waals surface area contributed by atoms with Gasteiger partial charge in [0.1, 0.15) is 5.54 Å². The van der Waals surface area contributed by atoms with Gasteiger partial charge in [0.15, 0.2) is 23.0 Å². The van der Waals surface area contributed by atoms with Crippen LogP contribution in [0.5, 0.6) is 23.0 Å². The van der Waals surface area contributed by atoms with Gasteiger partial charge < -0.3 is 23.8 Å². The highest BCUT2D eigenvalue weighted by atomic mass is 35.5. The van der Waals surface area contributed by atoms with E-state index in [-0.39, 0.29) is 18.0 Å². The van der Waals surface area contributed by atoms with Crippen LogP contribution < -0.4 is 23.8 Å². The molecule has 2 atom stereocenters. The Hall–Kier alpha value is -3.95. The Bertz CT molecular complexity index is 1560. The summed E-state index contributed by atoms with van der Waals surface area (Å²) >= 11 is 6.31. The molecule has 3 heterocycles. The number of carbonyl (C=O) groups excluding carboxylic acids is 2. The van der Waals surface area contributed by atoms with Gasteiger partial charge in [0.25, 0.3) is 5.91 Å². The lowest BCUT2D eigenvalue weighted by Crippen LogP contribution is -2.58. The van der Waals surface area contributed by atoms with Gasteiger partial charge >= 0.3 is 6.03 Å². The molecule has 3 amide bonds. The molecule has 2 fully saturated rings. The first-order valence-electron chi connectivity index (χ1n) is 14.4. The van der Waals surface area contributed by atoms with Crippen LogP contribution in [0.3, 0.4) is 0 Å². The van der Waals surface area contributed by atoms with Gasteiger partial charge in [-0.2, -0.15) is 0 Å². The Kier molecular flexibility index (Phi) is 7.87. The number of hydrogen-bond acceptors (Lipinski definition) is 7. The minimum atomic E-state index is -1.01. The van der Waals surface area contributed by atoms with Crippen LogP contribution in [0, 0.1) is 0 Å². The third kappa shape index (κ3) is 4.94. The van der Waals surface area contributed by atoms with Crippen LogP contribution in [0.15, 0.2) is 54.6 Å². The lowest BCUT2D eigenvalue weighted by molar-refractivity contribution is -0.129. The molecule has 0 radical (unpaired) electrons. The van der Waals surface area contributed by atoms with Crippen molar-refractivity contribution in [1.82, 2.24) is 9.80 Å². The van der Waals surface area contributed by atoms with E-state index < -0.39 is 5.54 Å². The molecule has 43 heavy (non-hydrogen) atoms. The lowest BCUT2D eigenvalue weighted by Gasteiger charge is -2.49. The molecule has 3 aromatic carbocycles. The summed E-state index contributed by atoms with van der Waals surface area (Å²) in [5, 5.41) is 0.466. The number of piperidine rings is 1. The molecule has 1 spiro atoms. The van der Waals surface area contributed by atoms with Crippen LogP contribution in [0.4, 0.5) is 10.5 Å². The van der Waals surface area contributed by atoms with Crippen molar-refractivity contribution in [3.8, 4) is 23.0 Å². The standard InChI is InChI=1S/C33H36ClN3O6/c1-40-27-9-8-21(16-28(27)41-2)10-14-36-32(39)37(24-7-5-6-23(34)18-24)31(38)33(36)12-15-35-13-11-22-17-29(42-3)30(43-4)19-25(22)26(35)20-33/h5-9,16-19,26H,10-15,20H2,1-4H3/t26-,33+/m0/s1. The molecule has 0 N–H and O–H groups in total. The van der Waals surface area contributed by atoms with Crippen molar-refractivity contribution in [2.24, 2.45) is 0 Å². The van der Waals surface area contributed by atoms with Crippen LogP contribution in [0.25, 0.3) is 0 Å². The second kappa shape index (κ2) is 11.6. The maximum Gasteiger partial charge on any atom is 0.332 e. The van der Waals surface area contributed by atoms with Crippen molar-refractivity contribution in [3.63, 3.8) is 0 Å². The molecule has 9 nitrogen and oxygen atoms in total. The van der Waals surface area contributed by atoms with Gasteiger partial charge in [-0.25, -0.2) is 9.69 Å². The molecule has 226 valence electrons. The summed E-state index contributed by atoms with van der Waals surface area (Å²) in [6, 6.07) is 16.4. The maximum absolute atomic E-state index is 14.5. The number of rotatable bonds is 8. The van der Waals surface area contributed by atoms with Crippen molar-refractivity contribution in [2.75, 3.05) is 53.0 Å². The molecule has 0 unspecified atom stereocenters. The van der Waals surface area contributed by atoms with Crippen molar-refractivity contribution in [2.45, 2.75) is 37.3 Å². The average Bonchev–Trinajstić information content (AvgIpc) is 3.22. The molecule has 10 heteroatoms. The number of anilines is 1. The summed E-state index contributed by atoms with van der Waals surface area (Å²) in [6.07, 6.45) is 2.44. The minimum absolute atomic E-state index is 0.0584. The zero-order chi connectivity index (χ0) is 30.3. The molecule has 6 rings (SSSR count). The Morgan fingerprint density at radius 3 is 2.30 bits per heavy atom. The summed E-state index contributed by atoms with van der Waals surface area (Å²) in [5.41, 5.74) is 2.74. The van der Waals surface area contributed by atoms with Gasteiger partial charge in [0, 0.05) is 30.7 Å². The molecular weight excluding hydrogens is 570 g/mol. The number of benzene rings is 3. The number of halogens is 1. The summed E-state index contributed by atoms with van der Waals surface area (Å²) < 4.78 is 22.1. The van der Waals surface area contributed by atoms with E-state index in [4.69, 9.17) is 30.5 Å². The highest BCUT2D eigenvalue weighted by Crippen LogP contribution is 2.49. The Balaban J connectivity index is 1.39. The van der Waals surface area contributed by atoms with Crippen molar-refractivity contribution < 1.29 is 28.5 Å². The van der Waals surface area contributed by atoms with Crippen molar-refractivity contribution >= 4 is 29.2 Å². The Labute approximate surface area is 256 Å². The first-order valence-corrected chi connectivity index (χ1v) is 14.8. The normalized spacial score (nSPS) is 21.6. The molecule has 0 aliphatic carbocycles. The minimum Gasteiger partial charge on any atom is -0.493 e. The quantitative estimate of drug-likeness (QED) is 0.313. The summed E-state index contributed by atoms with van der Waals surface area (Å²) in [6.45, 7) is 1.92. The van der Waals surface area contributed by atoms with E-state index in [1.165, 1.54) is 10.5 Å². The van der Waals surface area contributed by atoms with E-state index in [1.807, 2.05) is 30.3 Å². The van der Waals surface area contributed by atoms with E-state index in [1.54, 1.807) is 57.6 Å². The Morgan fingerprint density at radius 2 is 1.58 bits per heavy atom. The number of nitrogens with zero attached hydrogens (tertiary/aromatic N) is 3. The number of carbonyl (C=O) groups is 2. The maximum atomic E-state index is 14.5. The summed E-state index contributed by atoms with van der Waals surface area (Å²) in [7, 11) is 6.47. The molecule has 3 aliphatic heterocycles. The number of hydrogen-bond donors (Lipinski definition) is 0. The number of fused-ring (bicyclic) bond motifs is 3. The van der Waals surface area contributed by atoms with E-state index in [9.17, 15) is 9.59 Å². The van der Waals surface area contributed by atoms with Gasteiger partial charge in [0.2, 0.25) is 0 Å². The number of ether oxygens (including phenoxy) is 4. The molecule has 2 saturated heterocycles. The first-order chi connectivity index (χ1) is 20.8. The number of methoxy groups -OCH3 is 4. The Morgan fingerprint density at radius 1 is 0.860 bits per heavy atom. The fourth-order valence-electron chi connectivity index (χ4n) is 6.92. The molecule has 3 aromatic rings. The largest absolute Gasteiger partial charge is 0.493 e. The van der Waals surface area contributed by atoms with E-state index in [0.29, 0.717) is 66.1 Å². The predicted octanol–water partition coefficient (Wildman–Crippen LogP) is 5.52. The monoisotopic (exact) mass is 605 g/mol. The van der Waals surface area contributed by atoms with E-state index in [0.717, 1.165) is 24.1 Å². The molecule has 0 bridgehead atoms. The van der Waals surface area contributed by atoms with Gasteiger partial charge in [-0.1, -0.05) is 23.7 Å². The number of amides is 3. The lowest BCUT2D eigenvalue weighted by atomic mass is 9.76. The van der Waals surface area contributed by atoms with Crippen LogP contribution in [0.1, 0.15) is 35.6 Å². The van der Waals surface area contributed by atoms with Crippen LogP contribution >= 0.6 is 11.6 Å². The second-order valence-corrected chi connectivity index (χ2v) is 11.6. The SMILES string of the molecule is COc1ccc(CCN2C(=O)N(c3cccc(Cl)c3)C(=O)[C@]23CCN2CCc4cc(OC)c(OC)cc4[C@@H]2C3)cc1OC. The highest BCUT2D eigenvalue weighted by Gasteiger charge is 2.60. The topological polar surface area (TPSA) is 80.8 Å². The van der Waals surface area contributed by atoms with E-state index >= 15 is 0 Å². The first kappa shape index (κ1) is 29.1. The highest BCUT2D eigenvalue weighted by molar-refractivity contribution is 6.31. The van der Waals surface area contributed by atoms with Crippen LogP contribution in [0.2, 0.25) is 5.02 Å². The van der Waals surface area contributed by atoms with E-state index in [2.05, 4.69) is 4.90 Å². The molecule has 0 saturated carbocycles. The van der Waals surface area contributed by atoms with Gasteiger partial charge in [-0.3, -0.25) is 9.69 Å². The average molecular weight is 606 g/mol. The van der Waals surface area contributed by atoms with Gasteiger partial charge in [0.05, 0.1) is 34.1 Å². The molecule has 3 aliphatic rings. The fourth-order valence-corrected chi connectivity index (χ4v) is 7.11. The zero-order valence-electron chi connectivity index (χ0n) is 24.9. The van der Waals surface area contributed by atoms with Crippen LogP contribution in [-0.2, 0) is 17.6 Å². The summed E-state index contributed by atoms with van der Waals surface area (Å²) in [5.74, 6) is 2.39. The summed E-state index contributed by atoms with van der Waals surface area (Å²) in [4.78, 5) is 34.3. The third-order valence-corrected chi connectivity index (χ3v) is 9.37. The van der Waals surface area contributed by atoms with Crippen molar-refractivity contribution in [1.29, 1.82) is 0 Å². The third-order valence-electron chi connectivity index (χ3n) is 9.14. The zero-order valence-corrected chi connectivity index (χ0v) is 25.6. The smallest absolute Gasteiger partial charge is 0.332 e. The van der Waals surface area contributed by atoms with Gasteiger partial charge in [-0.15, -0.1) is 0 Å². The predicted molar refractivity (Wildman–Crippen MR) is 164 cm³/mol. The van der Waals surface area contributed by atoms with Crippen molar-refractivity contribution in [3.05, 3.63) is 76.3 Å². The fraction of sp³-hybridized carbons (Fsp3) is 0.394. The molecular formula is C33H36ClN3O6. The number of imide groups is 1. The molecule has 0 aromatic heterocycles. The van der Waals surface area contributed by atoms with Crippen LogP contribution in [-0.4, -0.2) is 75.4 Å².